The van der Waals surface area contributed by atoms with E-state index >= 15 is 0 Å². The van der Waals surface area contributed by atoms with E-state index in [2.05, 4.69) is 11.4 Å². The fourth-order valence-corrected chi connectivity index (χ4v) is 3.18. The number of hydrogen-bond donors (Lipinski definition) is 1. The lowest BCUT2D eigenvalue weighted by Gasteiger charge is -2.08. The van der Waals surface area contributed by atoms with Crippen molar-refractivity contribution >= 4 is 23.2 Å². The number of nitrogens with zero attached hydrogens (tertiary/aromatic N) is 1. The number of benzene rings is 3. The van der Waals surface area contributed by atoms with Gasteiger partial charge in [0.15, 0.2) is 0 Å². The molecular weight excluding hydrogens is 405 g/mol. The summed E-state index contributed by atoms with van der Waals surface area (Å²) in [5.41, 5.74) is 2.28. The lowest BCUT2D eigenvalue weighted by molar-refractivity contribution is -0.137. The highest BCUT2D eigenvalue weighted by Crippen LogP contribution is 2.38. The molecule has 4 rings (SSSR count). The van der Waals surface area contributed by atoms with Crippen LogP contribution in [0.3, 0.4) is 0 Å². The van der Waals surface area contributed by atoms with Gasteiger partial charge in [0.25, 0.3) is 5.91 Å². The first-order chi connectivity index (χ1) is 14.8. The maximum atomic E-state index is 12.9. The number of halogens is 3. The highest BCUT2D eigenvalue weighted by molar-refractivity contribution is 6.34. The van der Waals surface area contributed by atoms with Gasteiger partial charge in [-0.2, -0.15) is 18.4 Å². The Labute approximate surface area is 176 Å². The molecule has 1 heterocycles. The highest BCUT2D eigenvalue weighted by atomic mass is 19.4. The molecule has 154 valence electrons. The smallest absolute Gasteiger partial charge is 0.416 e. The summed E-state index contributed by atoms with van der Waals surface area (Å²) in [5.74, 6) is 0.174. The number of rotatable bonds is 4. The average Bonchev–Trinajstić information content (AvgIpc) is 3.07. The minimum absolute atomic E-state index is 0.147. The van der Waals surface area contributed by atoms with E-state index in [1.807, 2.05) is 12.1 Å². The topological polar surface area (TPSA) is 62.1 Å². The zero-order valence-electron chi connectivity index (χ0n) is 16.0. The Balaban J connectivity index is 1.48. The third kappa shape index (κ3) is 4.43. The van der Waals surface area contributed by atoms with E-state index in [4.69, 9.17) is 10.00 Å². The van der Waals surface area contributed by atoms with E-state index < -0.39 is 17.6 Å². The molecule has 0 atom stereocenters. The third-order valence-corrected chi connectivity index (χ3v) is 4.81. The molecule has 0 saturated carbocycles. The van der Waals surface area contributed by atoms with Crippen molar-refractivity contribution in [2.75, 3.05) is 5.32 Å². The fraction of sp³-hybridized carbons (Fsp3) is 0.0833. The van der Waals surface area contributed by atoms with Gasteiger partial charge in [-0.25, -0.2) is 0 Å². The molecule has 0 unspecified atom stereocenters. The number of carbonyl (C=O) groups is 1. The summed E-state index contributed by atoms with van der Waals surface area (Å²) in [7, 11) is 0. The van der Waals surface area contributed by atoms with Crippen LogP contribution in [0.2, 0.25) is 0 Å². The lowest BCUT2D eigenvalue weighted by atomic mass is 10.0. The van der Waals surface area contributed by atoms with E-state index in [-0.39, 0.29) is 5.69 Å². The molecule has 0 radical (unpaired) electrons. The third-order valence-electron chi connectivity index (χ3n) is 4.81. The van der Waals surface area contributed by atoms with Crippen LogP contribution in [0, 0.1) is 11.3 Å². The van der Waals surface area contributed by atoms with Crippen LogP contribution in [-0.2, 0) is 17.6 Å². The first-order valence-corrected chi connectivity index (χ1v) is 9.30. The second-order valence-corrected chi connectivity index (χ2v) is 6.94. The predicted molar refractivity (Wildman–Crippen MR) is 110 cm³/mol. The molecule has 0 fully saturated rings. The number of ether oxygens (including phenoxy) is 1. The summed E-state index contributed by atoms with van der Waals surface area (Å²) in [5, 5.41) is 11.3. The van der Waals surface area contributed by atoms with Crippen LogP contribution in [0.5, 0.6) is 5.75 Å². The van der Waals surface area contributed by atoms with Crippen LogP contribution < -0.4 is 10.1 Å². The highest BCUT2D eigenvalue weighted by Gasteiger charge is 2.33. The number of nitriles is 1. The summed E-state index contributed by atoms with van der Waals surface area (Å²) in [6.45, 7) is 0.337. The molecule has 1 aliphatic heterocycles. The van der Waals surface area contributed by atoms with Crippen LogP contribution in [0.25, 0.3) is 11.6 Å². The van der Waals surface area contributed by atoms with Crippen molar-refractivity contribution in [1.29, 1.82) is 5.26 Å². The fourth-order valence-electron chi connectivity index (χ4n) is 3.18. The Kier molecular flexibility index (Phi) is 5.22. The number of carbonyl (C=O) groups excluding carboxylic acids is 1. The summed E-state index contributed by atoms with van der Waals surface area (Å²) >= 11 is 0. The molecule has 0 spiro atoms. The average molecular weight is 420 g/mol. The van der Waals surface area contributed by atoms with Gasteiger partial charge in [0.05, 0.1) is 17.2 Å². The van der Waals surface area contributed by atoms with Crippen molar-refractivity contribution in [3.63, 3.8) is 0 Å². The molecule has 0 aliphatic carbocycles. The van der Waals surface area contributed by atoms with Gasteiger partial charge in [0.1, 0.15) is 12.4 Å². The minimum atomic E-state index is -4.47. The van der Waals surface area contributed by atoms with E-state index in [1.165, 1.54) is 6.07 Å². The maximum Gasteiger partial charge on any atom is 0.416 e. The molecule has 7 heteroatoms. The Bertz CT molecular complexity index is 1210. The van der Waals surface area contributed by atoms with E-state index in [0.717, 1.165) is 17.7 Å². The molecule has 0 saturated heterocycles. The van der Waals surface area contributed by atoms with Crippen LogP contribution in [0.15, 0.2) is 66.7 Å². The summed E-state index contributed by atoms with van der Waals surface area (Å²) in [6, 6.07) is 19.3. The van der Waals surface area contributed by atoms with Gasteiger partial charge in [0.2, 0.25) is 0 Å². The van der Waals surface area contributed by atoms with Crippen molar-refractivity contribution in [3.05, 3.63) is 94.5 Å². The maximum absolute atomic E-state index is 12.9. The zero-order valence-corrected chi connectivity index (χ0v) is 16.0. The quantitative estimate of drug-likeness (QED) is 0.555. The molecule has 1 amide bonds. The molecule has 0 bridgehead atoms. The number of nitrogens with one attached hydrogen (secondary N) is 1. The first-order valence-electron chi connectivity index (χ1n) is 9.30. The van der Waals surface area contributed by atoms with Crippen molar-refractivity contribution < 1.29 is 22.7 Å². The Hall–Kier alpha value is -4.05. The summed E-state index contributed by atoms with van der Waals surface area (Å²) < 4.78 is 44.4. The molecule has 3 aromatic rings. The molecular formula is C24H15F3N2O2. The molecule has 0 aromatic heterocycles. The number of hydrogen-bond acceptors (Lipinski definition) is 3. The van der Waals surface area contributed by atoms with Gasteiger partial charge < -0.3 is 10.1 Å². The largest absolute Gasteiger partial charge is 0.489 e. The van der Waals surface area contributed by atoms with Crippen molar-refractivity contribution in [3.8, 4) is 11.8 Å². The van der Waals surface area contributed by atoms with Crippen LogP contribution in [0.4, 0.5) is 18.9 Å². The minimum Gasteiger partial charge on any atom is -0.489 e. The number of amides is 1. The zero-order chi connectivity index (χ0) is 22.0. The Morgan fingerprint density at radius 2 is 1.71 bits per heavy atom. The second kappa shape index (κ2) is 8.00. The Morgan fingerprint density at radius 1 is 1.00 bits per heavy atom. The first kappa shape index (κ1) is 20.2. The molecule has 1 aliphatic rings. The number of alkyl halides is 3. The van der Waals surface area contributed by atoms with Crippen molar-refractivity contribution in [2.24, 2.45) is 0 Å². The van der Waals surface area contributed by atoms with Gasteiger partial charge >= 0.3 is 6.18 Å². The molecule has 1 N–H and O–H groups in total. The van der Waals surface area contributed by atoms with Crippen LogP contribution in [0.1, 0.15) is 27.8 Å². The summed E-state index contributed by atoms with van der Waals surface area (Å²) in [4.78, 5) is 12.3. The van der Waals surface area contributed by atoms with E-state index in [9.17, 15) is 18.0 Å². The summed E-state index contributed by atoms with van der Waals surface area (Å²) in [6.07, 6.45) is -2.85. The van der Waals surface area contributed by atoms with Crippen molar-refractivity contribution in [2.45, 2.75) is 12.8 Å². The van der Waals surface area contributed by atoms with Gasteiger partial charge in [-0.1, -0.05) is 30.3 Å². The molecule has 3 aromatic carbocycles. The van der Waals surface area contributed by atoms with Gasteiger partial charge in [0, 0.05) is 16.8 Å². The van der Waals surface area contributed by atoms with E-state index in [0.29, 0.717) is 34.6 Å². The van der Waals surface area contributed by atoms with Crippen LogP contribution >= 0.6 is 0 Å². The SMILES string of the molecule is N#Cc1ccc(COc2ccc(/C=C3/C(=O)Nc4cc(C(F)(F)F)ccc43)cc2)cc1. The standard InChI is InChI=1S/C24H15F3N2O2/c25-24(26,27)18-7-10-20-21(23(30)29-22(20)12-18)11-15-5-8-19(9-6-15)31-14-17-3-1-16(13-28)2-4-17/h1-12H,14H2,(H,29,30)/b21-11+. The lowest BCUT2D eigenvalue weighted by Crippen LogP contribution is -2.06. The normalized spacial score (nSPS) is 14.1. The molecule has 4 nitrogen and oxygen atoms in total. The van der Waals surface area contributed by atoms with Gasteiger partial charge in [-0.3, -0.25) is 4.79 Å². The van der Waals surface area contributed by atoms with Gasteiger partial charge in [-0.05, 0) is 53.6 Å². The monoisotopic (exact) mass is 420 g/mol. The van der Waals surface area contributed by atoms with Gasteiger partial charge in [-0.15, -0.1) is 0 Å². The Morgan fingerprint density at radius 3 is 2.35 bits per heavy atom. The predicted octanol–water partition coefficient (Wildman–Crippen LogP) is 5.65. The molecule has 31 heavy (non-hydrogen) atoms. The van der Waals surface area contributed by atoms with Crippen molar-refractivity contribution in [1.82, 2.24) is 0 Å². The van der Waals surface area contributed by atoms with Crippen LogP contribution in [-0.4, -0.2) is 5.91 Å². The second-order valence-electron chi connectivity index (χ2n) is 6.94. The van der Waals surface area contributed by atoms with E-state index in [1.54, 1.807) is 42.5 Å². The number of anilines is 1. The number of fused-ring (bicyclic) bond motifs is 1.